The van der Waals surface area contributed by atoms with E-state index in [1.54, 1.807) is 41.5 Å². The summed E-state index contributed by atoms with van der Waals surface area (Å²) in [5.41, 5.74) is -1.34. The number of carbonyl (C=O) groups excluding carboxylic acids is 2. The molecule has 0 aliphatic rings. The Morgan fingerprint density at radius 3 is 2.27 bits per heavy atom. The smallest absolute Gasteiger partial charge is 0.408 e. The minimum absolute atomic E-state index is 0.183. The summed E-state index contributed by atoms with van der Waals surface area (Å²) in [6, 6.07) is -0.583. The van der Waals surface area contributed by atoms with E-state index in [9.17, 15) is 18.4 Å². The van der Waals surface area contributed by atoms with Crippen LogP contribution in [-0.2, 0) is 14.3 Å². The van der Waals surface area contributed by atoms with Crippen molar-refractivity contribution >= 4 is 17.8 Å². The largest absolute Gasteiger partial charge is 0.444 e. The van der Waals surface area contributed by atoms with Gasteiger partial charge in [-0.2, -0.15) is 0 Å². The number of nitrogens with zero attached hydrogens (tertiary/aromatic N) is 1. The second-order valence-electron chi connectivity index (χ2n) is 7.60. The van der Waals surface area contributed by atoms with Gasteiger partial charge < -0.3 is 20.1 Å². The van der Waals surface area contributed by atoms with Crippen LogP contribution >= 0.6 is 0 Å². The molecule has 146 valence electrons. The predicted molar refractivity (Wildman–Crippen MR) is 91.6 cm³/mol. The van der Waals surface area contributed by atoms with Crippen LogP contribution in [0.25, 0.3) is 0 Å². The van der Waals surface area contributed by atoms with Crippen molar-refractivity contribution in [1.29, 1.82) is 0 Å². The van der Waals surface area contributed by atoms with Crippen LogP contribution in [0.1, 0.15) is 41.5 Å². The molecule has 0 aliphatic carbocycles. The van der Waals surface area contributed by atoms with Gasteiger partial charge in [-0.1, -0.05) is 0 Å². The summed E-state index contributed by atoms with van der Waals surface area (Å²) >= 11 is 0. The number of nitrogens with one attached hydrogen (secondary N) is 2. The van der Waals surface area contributed by atoms with E-state index in [2.05, 4.69) is 15.6 Å². The van der Waals surface area contributed by atoms with Gasteiger partial charge in [0.1, 0.15) is 17.5 Å². The molecule has 0 spiro atoms. The number of ether oxygens (including phenoxy) is 2. The lowest BCUT2D eigenvalue weighted by atomic mass is 10.2. The SMILES string of the molecule is CC(C)(C)OC[C@H](NC(=O)OC(C)(C)C)C(=O)Nc1ncc(F)cc1F. The molecule has 1 heterocycles. The summed E-state index contributed by atoms with van der Waals surface area (Å²) in [5.74, 6) is -3.15. The van der Waals surface area contributed by atoms with Gasteiger partial charge in [0.25, 0.3) is 5.91 Å². The molecule has 0 fully saturated rings. The summed E-state index contributed by atoms with van der Waals surface area (Å²) in [6.45, 7) is 10.2. The number of rotatable bonds is 5. The maximum Gasteiger partial charge on any atom is 0.408 e. The van der Waals surface area contributed by atoms with Crippen LogP contribution in [0.2, 0.25) is 0 Å². The Morgan fingerprint density at radius 2 is 1.77 bits per heavy atom. The lowest BCUT2D eigenvalue weighted by molar-refractivity contribution is -0.121. The predicted octanol–water partition coefficient (Wildman–Crippen LogP) is 3.01. The Kier molecular flexibility index (Phi) is 7.02. The number of amides is 2. The molecular weight excluding hydrogens is 348 g/mol. The van der Waals surface area contributed by atoms with Gasteiger partial charge >= 0.3 is 6.09 Å². The van der Waals surface area contributed by atoms with Crippen molar-refractivity contribution in [3.8, 4) is 0 Å². The van der Waals surface area contributed by atoms with Crippen LogP contribution in [0.3, 0.4) is 0 Å². The third-order valence-corrected chi connectivity index (χ3v) is 2.74. The zero-order valence-electron chi connectivity index (χ0n) is 15.8. The number of aromatic nitrogens is 1. The van der Waals surface area contributed by atoms with Crippen molar-refractivity contribution in [2.24, 2.45) is 0 Å². The van der Waals surface area contributed by atoms with Gasteiger partial charge in [0.05, 0.1) is 18.4 Å². The summed E-state index contributed by atoms with van der Waals surface area (Å²) in [5, 5.41) is 4.57. The quantitative estimate of drug-likeness (QED) is 0.828. The van der Waals surface area contributed by atoms with Crippen LogP contribution in [0.5, 0.6) is 0 Å². The summed E-state index contributed by atoms with van der Waals surface area (Å²) in [4.78, 5) is 27.8. The number of anilines is 1. The maximum absolute atomic E-state index is 13.7. The molecule has 0 bridgehead atoms. The monoisotopic (exact) mass is 373 g/mol. The third kappa shape index (κ3) is 8.19. The Morgan fingerprint density at radius 1 is 1.15 bits per heavy atom. The first-order valence-corrected chi connectivity index (χ1v) is 8.02. The van der Waals surface area contributed by atoms with E-state index >= 15 is 0 Å². The molecular formula is C17H25F2N3O4. The second kappa shape index (κ2) is 8.39. The van der Waals surface area contributed by atoms with Gasteiger partial charge in [0.2, 0.25) is 0 Å². The van der Waals surface area contributed by atoms with E-state index in [0.717, 1.165) is 6.20 Å². The van der Waals surface area contributed by atoms with Crippen LogP contribution < -0.4 is 10.6 Å². The van der Waals surface area contributed by atoms with E-state index in [4.69, 9.17) is 9.47 Å². The fourth-order valence-electron chi connectivity index (χ4n) is 1.68. The van der Waals surface area contributed by atoms with E-state index < -0.39 is 46.7 Å². The molecule has 0 radical (unpaired) electrons. The molecule has 0 aliphatic heterocycles. The van der Waals surface area contributed by atoms with E-state index in [1.165, 1.54) is 0 Å². The highest BCUT2D eigenvalue weighted by atomic mass is 19.1. The van der Waals surface area contributed by atoms with Gasteiger partial charge in [-0.15, -0.1) is 0 Å². The van der Waals surface area contributed by atoms with Crippen molar-refractivity contribution < 1.29 is 27.8 Å². The molecule has 26 heavy (non-hydrogen) atoms. The van der Waals surface area contributed by atoms with Crippen LogP contribution in [0.15, 0.2) is 12.3 Å². The van der Waals surface area contributed by atoms with Gasteiger partial charge in [0.15, 0.2) is 11.6 Å². The second-order valence-corrected chi connectivity index (χ2v) is 7.60. The van der Waals surface area contributed by atoms with Crippen molar-refractivity contribution in [2.75, 3.05) is 11.9 Å². The number of carbonyl (C=O) groups is 2. The van der Waals surface area contributed by atoms with Crippen molar-refractivity contribution in [1.82, 2.24) is 10.3 Å². The molecule has 7 nitrogen and oxygen atoms in total. The lowest BCUT2D eigenvalue weighted by Gasteiger charge is -2.26. The van der Waals surface area contributed by atoms with Crippen LogP contribution in [0.4, 0.5) is 19.4 Å². The Balaban J connectivity index is 2.87. The van der Waals surface area contributed by atoms with Gasteiger partial charge in [0, 0.05) is 6.07 Å². The topological polar surface area (TPSA) is 89.5 Å². The molecule has 1 rings (SSSR count). The number of halogens is 2. The van der Waals surface area contributed by atoms with Crippen molar-refractivity contribution in [2.45, 2.75) is 58.8 Å². The van der Waals surface area contributed by atoms with Gasteiger partial charge in [-0.3, -0.25) is 4.79 Å². The summed E-state index contributed by atoms with van der Waals surface area (Å²) < 4.78 is 37.2. The molecule has 0 saturated carbocycles. The fourth-order valence-corrected chi connectivity index (χ4v) is 1.68. The molecule has 2 N–H and O–H groups in total. The molecule has 9 heteroatoms. The van der Waals surface area contributed by atoms with Crippen LogP contribution in [-0.4, -0.2) is 40.8 Å². The molecule has 2 amide bonds. The zero-order valence-corrected chi connectivity index (χ0v) is 15.8. The van der Waals surface area contributed by atoms with Gasteiger partial charge in [-0.25, -0.2) is 18.6 Å². The molecule has 0 unspecified atom stereocenters. The summed E-state index contributed by atoms with van der Waals surface area (Å²) in [7, 11) is 0. The molecule has 0 aromatic carbocycles. The molecule has 1 atom stereocenters. The first-order chi connectivity index (χ1) is 11.8. The fraction of sp³-hybridized carbons (Fsp3) is 0.588. The highest BCUT2D eigenvalue weighted by Crippen LogP contribution is 2.13. The standard InChI is InChI=1S/C17H25F2N3O4/c1-16(2,3)25-9-12(21-15(24)26-17(4,5)6)14(23)22-13-11(19)7-10(18)8-20-13/h7-8,12H,9H2,1-6H3,(H,21,24)(H,20,22,23)/t12-/m0/s1. The average Bonchev–Trinajstić information content (AvgIpc) is 2.43. The van der Waals surface area contributed by atoms with E-state index in [1.807, 2.05) is 0 Å². The number of alkyl carbamates (subject to hydrolysis) is 1. The lowest BCUT2D eigenvalue weighted by Crippen LogP contribution is -2.49. The highest BCUT2D eigenvalue weighted by molar-refractivity contribution is 5.96. The Bertz CT molecular complexity index is 654. The van der Waals surface area contributed by atoms with Crippen molar-refractivity contribution in [3.05, 3.63) is 23.9 Å². The number of pyridine rings is 1. The summed E-state index contributed by atoms with van der Waals surface area (Å²) in [6.07, 6.45) is -0.0663. The van der Waals surface area contributed by atoms with Gasteiger partial charge in [-0.05, 0) is 41.5 Å². The highest BCUT2D eigenvalue weighted by Gasteiger charge is 2.27. The van der Waals surface area contributed by atoms with E-state index in [0.29, 0.717) is 6.07 Å². The average molecular weight is 373 g/mol. The Labute approximate surface area is 151 Å². The normalized spacial score (nSPS) is 13.1. The van der Waals surface area contributed by atoms with Crippen LogP contribution in [0, 0.1) is 11.6 Å². The van der Waals surface area contributed by atoms with E-state index in [-0.39, 0.29) is 6.61 Å². The zero-order chi connectivity index (χ0) is 20.1. The minimum atomic E-state index is -1.17. The van der Waals surface area contributed by atoms with Crippen molar-refractivity contribution in [3.63, 3.8) is 0 Å². The maximum atomic E-state index is 13.7. The first kappa shape index (κ1) is 21.8. The number of hydrogen-bond donors (Lipinski definition) is 2. The molecule has 1 aromatic heterocycles. The molecule has 0 saturated heterocycles. The Hall–Kier alpha value is -2.29. The molecule has 1 aromatic rings. The third-order valence-electron chi connectivity index (χ3n) is 2.74. The minimum Gasteiger partial charge on any atom is -0.444 e. The number of hydrogen-bond acceptors (Lipinski definition) is 5. The first-order valence-electron chi connectivity index (χ1n) is 8.02.